The maximum absolute atomic E-state index is 12.4. The fourth-order valence-corrected chi connectivity index (χ4v) is 4.15. The summed E-state index contributed by atoms with van der Waals surface area (Å²) in [5.41, 5.74) is 2.01. The summed E-state index contributed by atoms with van der Waals surface area (Å²) in [4.78, 5) is 24.8. The van der Waals surface area contributed by atoms with E-state index in [1.807, 2.05) is 13.8 Å². The van der Waals surface area contributed by atoms with Crippen LogP contribution in [0.3, 0.4) is 0 Å². The van der Waals surface area contributed by atoms with Crippen LogP contribution in [0.2, 0.25) is 15.1 Å². The second-order valence-corrected chi connectivity index (χ2v) is 8.91. The molecule has 2 N–H and O–H groups in total. The molecule has 0 saturated carbocycles. The number of halogens is 3. The van der Waals surface area contributed by atoms with E-state index in [4.69, 9.17) is 34.8 Å². The van der Waals surface area contributed by atoms with E-state index in [-0.39, 0.29) is 24.0 Å². The Hall–Kier alpha value is -2.26. The average molecular weight is 513 g/mol. The Balaban J connectivity index is 1.60. The summed E-state index contributed by atoms with van der Waals surface area (Å²) in [6.07, 6.45) is 0.0234. The quantitative estimate of drug-likeness (QED) is 0.390. The monoisotopic (exact) mass is 511 g/mol. The molecule has 0 unspecified atom stereocenters. The summed E-state index contributed by atoms with van der Waals surface area (Å²) in [6, 6.07) is 10.2. The van der Waals surface area contributed by atoms with Gasteiger partial charge in [-0.2, -0.15) is 0 Å². The van der Waals surface area contributed by atoms with Gasteiger partial charge in [-0.25, -0.2) is 0 Å². The molecule has 11 heteroatoms. The summed E-state index contributed by atoms with van der Waals surface area (Å²) < 4.78 is 1.80. The van der Waals surface area contributed by atoms with Crippen LogP contribution in [0.25, 0.3) is 0 Å². The van der Waals surface area contributed by atoms with Crippen molar-refractivity contribution in [2.45, 2.75) is 32.0 Å². The van der Waals surface area contributed by atoms with E-state index in [1.54, 1.807) is 41.0 Å². The summed E-state index contributed by atoms with van der Waals surface area (Å²) >= 11 is 19.2. The Labute approximate surface area is 204 Å². The first kappa shape index (κ1) is 24.4. The van der Waals surface area contributed by atoms with Crippen molar-refractivity contribution in [3.8, 4) is 0 Å². The van der Waals surface area contributed by atoms with E-state index in [2.05, 4.69) is 20.8 Å². The SMILES string of the molecule is CCn1c(CC(=O)Nc2ccc(Cl)c(Cl)c2)nnc1SCC(=O)Nc1cccc(Cl)c1C. The predicted molar refractivity (Wildman–Crippen MR) is 130 cm³/mol. The van der Waals surface area contributed by atoms with Crippen molar-refractivity contribution in [2.75, 3.05) is 16.4 Å². The van der Waals surface area contributed by atoms with Crippen molar-refractivity contribution in [3.05, 3.63) is 62.9 Å². The van der Waals surface area contributed by atoms with Crippen LogP contribution in [0.1, 0.15) is 18.3 Å². The summed E-state index contributed by atoms with van der Waals surface area (Å²) in [5.74, 6) is 0.180. The van der Waals surface area contributed by atoms with Gasteiger partial charge in [-0.15, -0.1) is 10.2 Å². The van der Waals surface area contributed by atoms with Crippen LogP contribution in [-0.4, -0.2) is 32.3 Å². The third-order valence-electron chi connectivity index (χ3n) is 4.51. The number of benzene rings is 2. The van der Waals surface area contributed by atoms with Gasteiger partial charge in [0.2, 0.25) is 11.8 Å². The molecular formula is C21H20Cl3N5O2S. The van der Waals surface area contributed by atoms with Gasteiger partial charge in [0.1, 0.15) is 5.82 Å². The average Bonchev–Trinajstić information content (AvgIpc) is 3.13. The Morgan fingerprint density at radius 3 is 2.50 bits per heavy atom. The molecule has 168 valence electrons. The summed E-state index contributed by atoms with van der Waals surface area (Å²) in [5, 5.41) is 15.8. The molecular weight excluding hydrogens is 493 g/mol. The van der Waals surface area contributed by atoms with E-state index < -0.39 is 0 Å². The molecule has 0 spiro atoms. The van der Waals surface area contributed by atoms with E-state index in [0.29, 0.717) is 44.0 Å². The maximum atomic E-state index is 12.4. The number of nitrogens with zero attached hydrogens (tertiary/aromatic N) is 3. The summed E-state index contributed by atoms with van der Waals surface area (Å²) in [6.45, 7) is 4.32. The fourth-order valence-electron chi connectivity index (χ4n) is 2.86. The van der Waals surface area contributed by atoms with Crippen molar-refractivity contribution in [1.82, 2.24) is 14.8 Å². The van der Waals surface area contributed by atoms with Gasteiger partial charge in [-0.1, -0.05) is 52.6 Å². The smallest absolute Gasteiger partial charge is 0.234 e. The molecule has 0 saturated heterocycles. The Bertz CT molecular complexity index is 1150. The molecule has 3 aromatic rings. The Kier molecular flexibility index (Phi) is 8.42. The van der Waals surface area contributed by atoms with Gasteiger partial charge in [0.15, 0.2) is 5.16 Å². The molecule has 2 amide bonds. The van der Waals surface area contributed by atoms with Crippen LogP contribution in [0.15, 0.2) is 41.6 Å². The molecule has 1 heterocycles. The normalized spacial score (nSPS) is 10.8. The molecule has 7 nitrogen and oxygen atoms in total. The third kappa shape index (κ3) is 6.16. The van der Waals surface area contributed by atoms with Crippen LogP contribution in [0.5, 0.6) is 0 Å². The minimum absolute atomic E-state index is 0.0234. The minimum atomic E-state index is -0.267. The number of rotatable bonds is 8. The van der Waals surface area contributed by atoms with Crippen molar-refractivity contribution >= 4 is 69.8 Å². The van der Waals surface area contributed by atoms with Crippen molar-refractivity contribution < 1.29 is 9.59 Å². The molecule has 0 aliphatic heterocycles. The third-order valence-corrected chi connectivity index (χ3v) is 6.62. The van der Waals surface area contributed by atoms with Gasteiger partial charge >= 0.3 is 0 Å². The number of nitrogens with one attached hydrogen (secondary N) is 2. The highest BCUT2D eigenvalue weighted by atomic mass is 35.5. The number of aromatic nitrogens is 3. The lowest BCUT2D eigenvalue weighted by Crippen LogP contribution is -2.18. The second kappa shape index (κ2) is 11.0. The minimum Gasteiger partial charge on any atom is -0.326 e. The first-order chi connectivity index (χ1) is 15.3. The molecule has 0 atom stereocenters. The van der Waals surface area contributed by atoms with Crippen LogP contribution >= 0.6 is 46.6 Å². The van der Waals surface area contributed by atoms with Crippen molar-refractivity contribution in [1.29, 1.82) is 0 Å². The van der Waals surface area contributed by atoms with Gasteiger partial charge in [-0.3, -0.25) is 9.59 Å². The second-order valence-electron chi connectivity index (χ2n) is 6.75. The number of amides is 2. The Morgan fingerprint density at radius 2 is 1.78 bits per heavy atom. The molecule has 1 aromatic heterocycles. The molecule has 0 fully saturated rings. The number of thioether (sulfide) groups is 1. The van der Waals surface area contributed by atoms with Gasteiger partial charge in [0, 0.05) is 22.9 Å². The number of anilines is 2. The van der Waals surface area contributed by atoms with E-state index in [1.165, 1.54) is 11.8 Å². The molecule has 0 aliphatic carbocycles. The van der Waals surface area contributed by atoms with E-state index >= 15 is 0 Å². The van der Waals surface area contributed by atoms with Crippen molar-refractivity contribution in [3.63, 3.8) is 0 Å². The number of carbonyl (C=O) groups is 2. The predicted octanol–water partition coefficient (Wildman–Crippen LogP) is 5.48. The number of hydrogen-bond acceptors (Lipinski definition) is 5. The number of hydrogen-bond donors (Lipinski definition) is 2. The standard InChI is InChI=1S/C21H20Cl3N5O2S/c1-3-29-18(10-19(30)25-13-7-8-15(23)16(24)9-13)27-28-21(29)32-11-20(31)26-17-6-4-5-14(22)12(17)2/h4-9H,3,10-11H2,1-2H3,(H,25,30)(H,26,31). The highest BCUT2D eigenvalue weighted by molar-refractivity contribution is 7.99. The Morgan fingerprint density at radius 1 is 1.00 bits per heavy atom. The van der Waals surface area contributed by atoms with Crippen LogP contribution in [0.4, 0.5) is 11.4 Å². The zero-order valence-corrected chi connectivity index (χ0v) is 20.4. The molecule has 2 aromatic carbocycles. The van der Waals surface area contributed by atoms with Crippen LogP contribution < -0.4 is 10.6 Å². The lowest BCUT2D eigenvalue weighted by molar-refractivity contribution is -0.116. The van der Waals surface area contributed by atoms with Gasteiger partial charge in [0.25, 0.3) is 0 Å². The highest BCUT2D eigenvalue weighted by Crippen LogP contribution is 2.26. The molecule has 0 radical (unpaired) electrons. The lowest BCUT2D eigenvalue weighted by atomic mass is 10.2. The highest BCUT2D eigenvalue weighted by Gasteiger charge is 2.17. The lowest BCUT2D eigenvalue weighted by Gasteiger charge is -2.10. The first-order valence-electron chi connectivity index (χ1n) is 9.63. The number of carbonyl (C=O) groups excluding carboxylic acids is 2. The van der Waals surface area contributed by atoms with Crippen molar-refractivity contribution in [2.24, 2.45) is 0 Å². The van der Waals surface area contributed by atoms with Gasteiger partial charge in [-0.05, 0) is 49.7 Å². The van der Waals surface area contributed by atoms with Crippen LogP contribution in [-0.2, 0) is 22.6 Å². The van der Waals surface area contributed by atoms with Crippen LogP contribution in [0, 0.1) is 6.92 Å². The largest absolute Gasteiger partial charge is 0.326 e. The summed E-state index contributed by atoms with van der Waals surface area (Å²) in [7, 11) is 0. The topological polar surface area (TPSA) is 88.9 Å². The molecule has 0 bridgehead atoms. The zero-order valence-electron chi connectivity index (χ0n) is 17.3. The zero-order chi connectivity index (χ0) is 23.3. The molecule has 32 heavy (non-hydrogen) atoms. The molecule has 3 rings (SSSR count). The van der Waals surface area contributed by atoms with Gasteiger partial charge < -0.3 is 15.2 Å². The van der Waals surface area contributed by atoms with E-state index in [0.717, 1.165) is 5.56 Å². The van der Waals surface area contributed by atoms with Gasteiger partial charge in [0.05, 0.1) is 22.2 Å². The first-order valence-corrected chi connectivity index (χ1v) is 11.7. The molecule has 0 aliphatic rings. The van der Waals surface area contributed by atoms with E-state index in [9.17, 15) is 9.59 Å². The fraction of sp³-hybridized carbons (Fsp3) is 0.238. The maximum Gasteiger partial charge on any atom is 0.234 e.